The average Bonchev–Trinajstić information content (AvgIpc) is 2.68. The Morgan fingerprint density at radius 2 is 2.18 bits per heavy atom. The lowest BCUT2D eigenvalue weighted by Crippen LogP contribution is -2.12. The summed E-state index contributed by atoms with van der Waals surface area (Å²) in [4.78, 5) is 11.9. The van der Waals surface area contributed by atoms with Crippen LogP contribution in [-0.4, -0.2) is 5.91 Å². The second-order valence-electron chi connectivity index (χ2n) is 3.52. The van der Waals surface area contributed by atoms with E-state index in [1.807, 2.05) is 25.1 Å². The first kappa shape index (κ1) is 12.6. The Labute approximate surface area is 121 Å². The molecule has 0 aliphatic carbocycles. The fraction of sp³-hybridized carbons (Fsp3) is 0.0833. The van der Waals surface area contributed by atoms with Gasteiger partial charge in [0, 0.05) is 9.26 Å². The molecule has 0 aliphatic heterocycles. The highest BCUT2D eigenvalue weighted by molar-refractivity contribution is 14.1. The lowest BCUT2D eigenvalue weighted by Gasteiger charge is -2.07. The minimum atomic E-state index is -0.185. The molecule has 0 spiro atoms. The van der Waals surface area contributed by atoms with Gasteiger partial charge in [0.05, 0.1) is 11.8 Å². The number of aryl methyl sites for hydroxylation is 1. The third-order valence-corrected chi connectivity index (χ3v) is 3.58. The van der Waals surface area contributed by atoms with Crippen LogP contribution in [-0.2, 0) is 0 Å². The fourth-order valence-electron chi connectivity index (χ4n) is 1.41. The molecule has 1 heterocycles. The van der Waals surface area contributed by atoms with E-state index in [2.05, 4.69) is 43.8 Å². The first-order valence-electron chi connectivity index (χ1n) is 4.88. The number of benzene rings is 1. The summed E-state index contributed by atoms with van der Waals surface area (Å²) in [6.45, 7) is 1.96. The van der Waals surface area contributed by atoms with Gasteiger partial charge in [0.15, 0.2) is 4.67 Å². The summed E-state index contributed by atoms with van der Waals surface area (Å²) in [6.07, 6.45) is 1.47. The Morgan fingerprint density at radius 1 is 1.41 bits per heavy atom. The molecule has 0 unspecified atom stereocenters. The smallest absolute Gasteiger partial charge is 0.260 e. The van der Waals surface area contributed by atoms with Gasteiger partial charge in [-0.3, -0.25) is 4.79 Å². The molecule has 88 valence electrons. The number of amides is 1. The number of anilines is 1. The first-order chi connectivity index (χ1) is 8.08. The second-order valence-corrected chi connectivity index (χ2v) is 5.49. The first-order valence-corrected chi connectivity index (χ1v) is 6.75. The number of halogens is 2. The number of furan rings is 1. The molecule has 0 saturated carbocycles. The lowest BCUT2D eigenvalue weighted by atomic mass is 10.2. The van der Waals surface area contributed by atoms with E-state index < -0.39 is 0 Å². The molecule has 2 aromatic rings. The number of hydrogen-bond acceptors (Lipinski definition) is 2. The molecule has 0 bridgehead atoms. The maximum absolute atomic E-state index is 11.9. The number of rotatable bonds is 2. The largest absolute Gasteiger partial charge is 0.457 e. The zero-order valence-electron chi connectivity index (χ0n) is 8.96. The normalized spacial score (nSPS) is 10.3. The monoisotopic (exact) mass is 405 g/mol. The van der Waals surface area contributed by atoms with Crippen LogP contribution in [0.25, 0.3) is 0 Å². The summed E-state index contributed by atoms with van der Waals surface area (Å²) < 4.78 is 6.61. The summed E-state index contributed by atoms with van der Waals surface area (Å²) >= 11 is 5.42. The predicted molar refractivity (Wildman–Crippen MR) is 78.3 cm³/mol. The topological polar surface area (TPSA) is 42.2 Å². The molecule has 3 nitrogen and oxygen atoms in total. The van der Waals surface area contributed by atoms with Crippen LogP contribution in [0.3, 0.4) is 0 Å². The fourth-order valence-corrected chi connectivity index (χ4v) is 2.48. The van der Waals surface area contributed by atoms with Gasteiger partial charge < -0.3 is 9.73 Å². The van der Waals surface area contributed by atoms with E-state index >= 15 is 0 Å². The van der Waals surface area contributed by atoms with E-state index in [1.54, 1.807) is 6.07 Å². The molecular weight excluding hydrogens is 397 g/mol. The van der Waals surface area contributed by atoms with Crippen molar-refractivity contribution in [1.29, 1.82) is 0 Å². The van der Waals surface area contributed by atoms with Crippen LogP contribution in [0.4, 0.5) is 5.69 Å². The lowest BCUT2D eigenvalue weighted by molar-refractivity contribution is 0.102. The maximum atomic E-state index is 11.9. The average molecular weight is 406 g/mol. The Morgan fingerprint density at radius 3 is 2.76 bits per heavy atom. The van der Waals surface area contributed by atoms with Crippen LogP contribution >= 0.6 is 38.5 Å². The van der Waals surface area contributed by atoms with Crippen molar-refractivity contribution in [1.82, 2.24) is 0 Å². The molecule has 0 radical (unpaired) electrons. The predicted octanol–water partition coefficient (Wildman–Crippen LogP) is 4.21. The van der Waals surface area contributed by atoms with Gasteiger partial charge in [-0.1, -0.05) is 0 Å². The highest BCUT2D eigenvalue weighted by Gasteiger charge is 2.13. The standard InChI is InChI=1S/C12H9BrINO2/c1-7-6-8(14)2-3-10(7)15-12(16)9-4-5-17-11(9)13/h2-6H,1H3,(H,15,16). The molecule has 5 heteroatoms. The molecule has 0 fully saturated rings. The van der Waals surface area contributed by atoms with Crippen molar-refractivity contribution in [3.63, 3.8) is 0 Å². The van der Waals surface area contributed by atoms with Gasteiger partial charge >= 0.3 is 0 Å². The number of carbonyl (C=O) groups excluding carboxylic acids is 1. The number of carbonyl (C=O) groups is 1. The van der Waals surface area contributed by atoms with Crippen molar-refractivity contribution in [3.05, 3.63) is 49.9 Å². The number of hydrogen-bond donors (Lipinski definition) is 1. The summed E-state index contributed by atoms with van der Waals surface area (Å²) in [6, 6.07) is 7.48. The van der Waals surface area contributed by atoms with E-state index in [4.69, 9.17) is 4.42 Å². The van der Waals surface area contributed by atoms with E-state index in [-0.39, 0.29) is 5.91 Å². The van der Waals surface area contributed by atoms with E-state index in [0.717, 1.165) is 14.8 Å². The van der Waals surface area contributed by atoms with E-state index in [0.29, 0.717) is 10.2 Å². The van der Waals surface area contributed by atoms with Crippen LogP contribution in [0.1, 0.15) is 15.9 Å². The van der Waals surface area contributed by atoms with Gasteiger partial charge in [-0.05, 0) is 75.3 Å². The van der Waals surface area contributed by atoms with Crippen molar-refractivity contribution >= 4 is 50.1 Å². The Bertz CT molecular complexity index is 565. The molecular formula is C12H9BrINO2. The zero-order chi connectivity index (χ0) is 12.4. The van der Waals surface area contributed by atoms with Crippen molar-refractivity contribution in [2.45, 2.75) is 6.92 Å². The number of nitrogens with one attached hydrogen (secondary N) is 1. The summed E-state index contributed by atoms with van der Waals surface area (Å²) in [5.41, 5.74) is 2.33. The molecule has 2 rings (SSSR count). The highest BCUT2D eigenvalue weighted by atomic mass is 127. The van der Waals surface area contributed by atoms with Gasteiger partial charge in [0.1, 0.15) is 0 Å². The van der Waals surface area contributed by atoms with Gasteiger partial charge in [0.2, 0.25) is 0 Å². The molecule has 1 amide bonds. The van der Waals surface area contributed by atoms with Crippen LogP contribution < -0.4 is 5.32 Å². The van der Waals surface area contributed by atoms with Crippen LogP contribution in [0, 0.1) is 10.5 Å². The van der Waals surface area contributed by atoms with Crippen molar-refractivity contribution in [2.24, 2.45) is 0 Å². The molecule has 1 aromatic heterocycles. The van der Waals surface area contributed by atoms with Crippen LogP contribution in [0.5, 0.6) is 0 Å². The SMILES string of the molecule is Cc1cc(I)ccc1NC(=O)c1ccoc1Br. The Kier molecular flexibility index (Phi) is 3.88. The molecule has 1 N–H and O–H groups in total. The summed E-state index contributed by atoms with van der Waals surface area (Å²) in [5, 5.41) is 2.85. The molecule has 0 saturated heterocycles. The van der Waals surface area contributed by atoms with Gasteiger partial charge in [-0.25, -0.2) is 0 Å². The highest BCUT2D eigenvalue weighted by Crippen LogP contribution is 2.21. The molecule has 0 atom stereocenters. The minimum absolute atomic E-state index is 0.185. The minimum Gasteiger partial charge on any atom is -0.457 e. The van der Waals surface area contributed by atoms with Crippen LogP contribution in [0.2, 0.25) is 0 Å². The van der Waals surface area contributed by atoms with Crippen molar-refractivity contribution in [2.75, 3.05) is 5.32 Å². The second kappa shape index (κ2) is 5.22. The quantitative estimate of drug-likeness (QED) is 0.760. The van der Waals surface area contributed by atoms with Crippen molar-refractivity contribution < 1.29 is 9.21 Å². The van der Waals surface area contributed by atoms with Crippen LogP contribution in [0.15, 0.2) is 39.6 Å². The van der Waals surface area contributed by atoms with Gasteiger partial charge in [0.25, 0.3) is 5.91 Å². The third kappa shape index (κ3) is 2.90. The van der Waals surface area contributed by atoms with E-state index in [9.17, 15) is 4.79 Å². The molecule has 17 heavy (non-hydrogen) atoms. The summed E-state index contributed by atoms with van der Waals surface area (Å²) in [5.74, 6) is -0.185. The maximum Gasteiger partial charge on any atom is 0.260 e. The Balaban J connectivity index is 2.22. The van der Waals surface area contributed by atoms with E-state index in [1.165, 1.54) is 6.26 Å². The molecule has 1 aromatic carbocycles. The Hall–Kier alpha value is -0.820. The zero-order valence-corrected chi connectivity index (χ0v) is 12.7. The molecule has 0 aliphatic rings. The van der Waals surface area contributed by atoms with Gasteiger partial charge in [-0.15, -0.1) is 0 Å². The van der Waals surface area contributed by atoms with Crippen molar-refractivity contribution in [3.8, 4) is 0 Å². The van der Waals surface area contributed by atoms with Gasteiger partial charge in [-0.2, -0.15) is 0 Å². The third-order valence-electron chi connectivity index (χ3n) is 2.30. The summed E-state index contributed by atoms with van der Waals surface area (Å²) in [7, 11) is 0.